The topological polar surface area (TPSA) is 52.0 Å². The number of unbranched alkanes of at least 4 members (excludes halogenated alkanes) is 30. The molecule has 0 aliphatic carbocycles. The molecular formula is C36H76N2. The fourth-order valence-corrected chi connectivity index (χ4v) is 5.96. The molecule has 0 saturated heterocycles. The van der Waals surface area contributed by atoms with Crippen molar-refractivity contribution < 1.29 is 0 Å². The highest BCUT2D eigenvalue weighted by atomic mass is 14.6. The summed E-state index contributed by atoms with van der Waals surface area (Å²) in [6.07, 6.45) is 47.4. The predicted octanol–water partition coefficient (Wildman–Crippen LogP) is 12.2. The van der Waals surface area contributed by atoms with Crippen molar-refractivity contribution in [2.24, 2.45) is 11.5 Å². The van der Waals surface area contributed by atoms with Gasteiger partial charge in [-0.15, -0.1) is 0 Å². The molecule has 0 spiro atoms. The van der Waals surface area contributed by atoms with Crippen LogP contribution < -0.4 is 11.5 Å². The normalized spacial score (nSPS) is 12.4. The van der Waals surface area contributed by atoms with Gasteiger partial charge in [0.05, 0.1) is 0 Å². The Bertz CT molecular complexity index is 397. The molecule has 0 heterocycles. The second-order valence-electron chi connectivity index (χ2n) is 12.7. The third kappa shape index (κ3) is 33.9. The Hall–Kier alpha value is -0.0800. The van der Waals surface area contributed by atoms with E-state index in [1.54, 1.807) is 0 Å². The second-order valence-corrected chi connectivity index (χ2v) is 12.7. The van der Waals surface area contributed by atoms with Crippen LogP contribution in [0.2, 0.25) is 0 Å². The van der Waals surface area contributed by atoms with Crippen molar-refractivity contribution in [3.63, 3.8) is 0 Å². The average molecular weight is 537 g/mol. The Labute approximate surface area is 242 Å². The van der Waals surface area contributed by atoms with E-state index in [2.05, 4.69) is 6.92 Å². The lowest BCUT2D eigenvalue weighted by atomic mass is 10.0. The quantitative estimate of drug-likeness (QED) is 0.0803. The predicted molar refractivity (Wildman–Crippen MR) is 175 cm³/mol. The van der Waals surface area contributed by atoms with Gasteiger partial charge >= 0.3 is 0 Å². The fraction of sp³-hybridized carbons (Fsp3) is 1.00. The van der Waals surface area contributed by atoms with E-state index in [4.69, 9.17) is 11.5 Å². The van der Waals surface area contributed by atoms with E-state index in [1.165, 1.54) is 199 Å². The molecule has 0 aliphatic heterocycles. The van der Waals surface area contributed by atoms with E-state index in [-0.39, 0.29) is 0 Å². The third-order valence-electron chi connectivity index (χ3n) is 8.72. The van der Waals surface area contributed by atoms with Gasteiger partial charge < -0.3 is 11.5 Å². The van der Waals surface area contributed by atoms with Gasteiger partial charge in [0.25, 0.3) is 0 Å². The highest BCUT2D eigenvalue weighted by molar-refractivity contribution is 4.61. The van der Waals surface area contributed by atoms with Crippen molar-refractivity contribution in [2.75, 3.05) is 6.54 Å². The minimum absolute atomic E-state index is 0.337. The van der Waals surface area contributed by atoms with Gasteiger partial charge in [-0.3, -0.25) is 0 Å². The molecular weight excluding hydrogens is 460 g/mol. The Morgan fingerprint density at radius 2 is 0.526 bits per heavy atom. The van der Waals surface area contributed by atoms with Crippen LogP contribution in [0.5, 0.6) is 0 Å². The summed E-state index contributed by atoms with van der Waals surface area (Å²) in [6.45, 7) is 3.04. The SMILES string of the molecule is CCCCCCCCCCCCCCCCCCCCCCCCCCCCCCCCCC(N)CCN. The molecule has 4 N–H and O–H groups in total. The molecule has 0 fully saturated rings. The zero-order valence-corrected chi connectivity index (χ0v) is 26.8. The maximum atomic E-state index is 6.02. The maximum absolute atomic E-state index is 6.02. The van der Waals surface area contributed by atoms with Crippen LogP contribution in [0.25, 0.3) is 0 Å². The van der Waals surface area contributed by atoms with Crippen LogP contribution in [0.4, 0.5) is 0 Å². The lowest BCUT2D eigenvalue weighted by Crippen LogP contribution is -2.23. The van der Waals surface area contributed by atoms with Crippen LogP contribution in [0, 0.1) is 0 Å². The number of hydrogen-bond acceptors (Lipinski definition) is 2. The molecule has 0 aromatic heterocycles. The molecule has 0 saturated carbocycles. The smallest absolute Gasteiger partial charge is 0.00508 e. The first-order valence-electron chi connectivity index (χ1n) is 18.3. The summed E-state index contributed by atoms with van der Waals surface area (Å²) in [4.78, 5) is 0. The number of nitrogens with two attached hydrogens (primary N) is 2. The van der Waals surface area contributed by atoms with E-state index in [0.717, 1.165) is 19.4 Å². The lowest BCUT2D eigenvalue weighted by Gasteiger charge is -2.09. The van der Waals surface area contributed by atoms with Crippen LogP contribution in [-0.2, 0) is 0 Å². The summed E-state index contributed by atoms with van der Waals surface area (Å²) in [5.74, 6) is 0. The second kappa shape index (κ2) is 34.9. The Kier molecular flexibility index (Phi) is 34.9. The summed E-state index contributed by atoms with van der Waals surface area (Å²) in [7, 11) is 0. The molecule has 0 aromatic rings. The van der Waals surface area contributed by atoms with Crippen molar-refractivity contribution in [3.05, 3.63) is 0 Å². The number of rotatable bonds is 34. The van der Waals surface area contributed by atoms with Gasteiger partial charge in [-0.05, 0) is 19.4 Å². The summed E-state index contributed by atoms with van der Waals surface area (Å²) in [5.41, 5.74) is 11.6. The van der Waals surface area contributed by atoms with Crippen LogP contribution in [0.15, 0.2) is 0 Å². The summed E-state index contributed by atoms with van der Waals surface area (Å²) in [6, 6.07) is 0.337. The van der Waals surface area contributed by atoms with Gasteiger partial charge in [0.1, 0.15) is 0 Å². The van der Waals surface area contributed by atoms with Gasteiger partial charge in [-0.1, -0.05) is 206 Å². The van der Waals surface area contributed by atoms with Crippen molar-refractivity contribution in [1.29, 1.82) is 0 Å². The highest BCUT2D eigenvalue weighted by Gasteiger charge is 2.01. The van der Waals surface area contributed by atoms with Gasteiger partial charge in [0.2, 0.25) is 0 Å². The van der Waals surface area contributed by atoms with Gasteiger partial charge in [-0.25, -0.2) is 0 Å². The zero-order chi connectivity index (χ0) is 27.6. The van der Waals surface area contributed by atoms with E-state index in [0.29, 0.717) is 6.04 Å². The van der Waals surface area contributed by atoms with E-state index in [1.807, 2.05) is 0 Å². The van der Waals surface area contributed by atoms with Crippen LogP contribution in [0.3, 0.4) is 0 Å². The first-order valence-corrected chi connectivity index (χ1v) is 18.3. The number of hydrogen-bond donors (Lipinski definition) is 2. The molecule has 38 heavy (non-hydrogen) atoms. The molecule has 2 nitrogen and oxygen atoms in total. The minimum Gasteiger partial charge on any atom is -0.330 e. The third-order valence-corrected chi connectivity index (χ3v) is 8.72. The van der Waals surface area contributed by atoms with E-state index in [9.17, 15) is 0 Å². The van der Waals surface area contributed by atoms with Crippen LogP contribution in [-0.4, -0.2) is 12.6 Å². The van der Waals surface area contributed by atoms with Crippen LogP contribution in [0.1, 0.15) is 219 Å². The van der Waals surface area contributed by atoms with E-state index >= 15 is 0 Å². The zero-order valence-electron chi connectivity index (χ0n) is 26.8. The van der Waals surface area contributed by atoms with Crippen LogP contribution >= 0.6 is 0 Å². The molecule has 2 heteroatoms. The van der Waals surface area contributed by atoms with Crippen molar-refractivity contribution in [2.45, 2.75) is 225 Å². The Balaban J connectivity index is 3.04. The monoisotopic (exact) mass is 537 g/mol. The molecule has 0 amide bonds. The standard InChI is InChI=1S/C36H76N2/c1-2-3-4-5-6-7-8-9-10-11-12-13-14-15-16-17-18-19-20-21-22-23-24-25-26-27-28-29-30-31-32-33-36(38)34-35-37/h36H,2-35,37-38H2,1H3. The maximum Gasteiger partial charge on any atom is 0.00508 e. The molecule has 0 radical (unpaired) electrons. The van der Waals surface area contributed by atoms with Crippen molar-refractivity contribution >= 4 is 0 Å². The minimum atomic E-state index is 0.337. The molecule has 1 atom stereocenters. The summed E-state index contributed by atoms with van der Waals surface area (Å²) >= 11 is 0. The largest absolute Gasteiger partial charge is 0.330 e. The first kappa shape index (κ1) is 37.9. The lowest BCUT2D eigenvalue weighted by molar-refractivity contribution is 0.502. The average Bonchev–Trinajstić information content (AvgIpc) is 2.92. The molecule has 0 aliphatic rings. The molecule has 230 valence electrons. The van der Waals surface area contributed by atoms with Gasteiger partial charge in [-0.2, -0.15) is 0 Å². The van der Waals surface area contributed by atoms with Gasteiger partial charge in [0.15, 0.2) is 0 Å². The van der Waals surface area contributed by atoms with Crippen molar-refractivity contribution in [3.8, 4) is 0 Å². The summed E-state index contributed by atoms with van der Waals surface area (Å²) < 4.78 is 0. The fourth-order valence-electron chi connectivity index (χ4n) is 5.96. The molecule has 0 rings (SSSR count). The molecule has 1 unspecified atom stereocenters. The van der Waals surface area contributed by atoms with Gasteiger partial charge in [0, 0.05) is 6.04 Å². The Morgan fingerprint density at radius 3 is 0.737 bits per heavy atom. The first-order chi connectivity index (χ1) is 18.8. The van der Waals surface area contributed by atoms with Crippen molar-refractivity contribution in [1.82, 2.24) is 0 Å². The molecule has 0 bridgehead atoms. The highest BCUT2D eigenvalue weighted by Crippen LogP contribution is 2.17. The van der Waals surface area contributed by atoms with E-state index < -0.39 is 0 Å². The molecule has 0 aromatic carbocycles. The summed E-state index contributed by atoms with van der Waals surface area (Å²) in [5, 5.41) is 0. The Morgan fingerprint density at radius 1 is 0.316 bits per heavy atom.